The van der Waals surface area contributed by atoms with E-state index in [2.05, 4.69) is 45.4 Å². The highest BCUT2D eigenvalue weighted by molar-refractivity contribution is 7.15. The van der Waals surface area contributed by atoms with E-state index in [9.17, 15) is 9.90 Å². The smallest absolute Gasteiger partial charge is 0.309 e. The molecule has 1 fully saturated rings. The average Bonchev–Trinajstić information content (AvgIpc) is 3.20. The summed E-state index contributed by atoms with van der Waals surface area (Å²) in [6.45, 7) is 9.64. The lowest BCUT2D eigenvalue weighted by Crippen LogP contribution is -2.39. The van der Waals surface area contributed by atoms with Crippen LogP contribution < -0.4 is 5.32 Å². The number of thiazole rings is 1. The molecule has 7 nitrogen and oxygen atoms in total. The van der Waals surface area contributed by atoms with Crippen LogP contribution in [0.5, 0.6) is 0 Å². The molecule has 0 amide bonds. The van der Waals surface area contributed by atoms with Crippen molar-refractivity contribution in [2.24, 2.45) is 5.92 Å². The number of ether oxygens (including phenoxy) is 1. The summed E-state index contributed by atoms with van der Waals surface area (Å²) in [5, 5.41) is 15.4. The van der Waals surface area contributed by atoms with Crippen molar-refractivity contribution < 1.29 is 14.6 Å². The zero-order valence-corrected chi connectivity index (χ0v) is 21.9. The van der Waals surface area contributed by atoms with Crippen molar-refractivity contribution in [3.8, 4) is 10.4 Å². The first-order valence-electron chi connectivity index (χ1n) is 12.1. The Morgan fingerprint density at radius 3 is 2.63 bits per heavy atom. The molecule has 3 aromatic rings. The van der Waals surface area contributed by atoms with Gasteiger partial charge in [0.05, 0.1) is 21.4 Å². The molecule has 1 aliphatic carbocycles. The number of hydrogen-bond acceptors (Lipinski definition) is 8. The Labute approximate surface area is 211 Å². The van der Waals surface area contributed by atoms with Gasteiger partial charge in [-0.3, -0.25) is 4.79 Å². The summed E-state index contributed by atoms with van der Waals surface area (Å²) < 4.78 is 5.53. The molecule has 1 saturated carbocycles. The minimum Gasteiger partial charge on any atom is -0.460 e. The van der Waals surface area contributed by atoms with Crippen molar-refractivity contribution in [3.05, 3.63) is 52.9 Å². The number of rotatable bonds is 6. The van der Waals surface area contributed by atoms with Gasteiger partial charge in [-0.15, -0.1) is 11.3 Å². The first-order valence-corrected chi connectivity index (χ1v) is 12.9. The van der Waals surface area contributed by atoms with Crippen LogP contribution in [-0.4, -0.2) is 37.2 Å². The molecule has 0 bridgehead atoms. The molecule has 0 radical (unpaired) electrons. The topological polar surface area (TPSA) is 97.2 Å². The normalized spacial score (nSPS) is 20.5. The summed E-state index contributed by atoms with van der Waals surface area (Å²) in [5.41, 5.74) is 2.67. The molecule has 0 saturated heterocycles. The molecule has 35 heavy (non-hydrogen) atoms. The van der Waals surface area contributed by atoms with Gasteiger partial charge in [-0.2, -0.15) is 0 Å². The molecule has 0 spiro atoms. The lowest BCUT2D eigenvalue weighted by atomic mass is 9.77. The fraction of sp³-hybridized carbons (Fsp3) is 0.481. The molecule has 2 N–H and O–H groups in total. The SMILES string of the molecule is Cc1cc(Nc2nccc(C)n2)cc(-c2cnc(CC3(O)CCC(C(=O)OC(C)(C)C)CC3)s2)c1. The number of aliphatic hydroxyl groups is 1. The fourth-order valence-electron chi connectivity index (χ4n) is 4.40. The molecule has 1 aliphatic rings. The second-order valence-corrected chi connectivity index (χ2v) is 11.7. The Hall–Kier alpha value is -2.84. The van der Waals surface area contributed by atoms with Crippen molar-refractivity contribution in [1.29, 1.82) is 0 Å². The number of aryl methyl sites for hydroxylation is 2. The van der Waals surface area contributed by atoms with E-state index in [0.717, 1.165) is 32.4 Å². The minimum absolute atomic E-state index is 0.142. The largest absolute Gasteiger partial charge is 0.460 e. The van der Waals surface area contributed by atoms with E-state index in [1.807, 2.05) is 40.0 Å². The number of nitrogens with zero attached hydrogens (tertiary/aromatic N) is 3. The van der Waals surface area contributed by atoms with Gasteiger partial charge in [0.2, 0.25) is 5.95 Å². The third-order valence-electron chi connectivity index (χ3n) is 6.10. The fourth-order valence-corrected chi connectivity index (χ4v) is 5.44. The van der Waals surface area contributed by atoms with Crippen molar-refractivity contribution in [3.63, 3.8) is 0 Å². The molecular formula is C27H34N4O3S. The number of anilines is 2. The third-order valence-corrected chi connectivity index (χ3v) is 7.15. The van der Waals surface area contributed by atoms with E-state index < -0.39 is 11.2 Å². The number of aromatic nitrogens is 3. The lowest BCUT2D eigenvalue weighted by molar-refractivity contribution is -0.162. The van der Waals surface area contributed by atoms with Gasteiger partial charge in [0.25, 0.3) is 0 Å². The molecule has 2 aromatic heterocycles. The third kappa shape index (κ3) is 6.86. The highest BCUT2D eigenvalue weighted by Crippen LogP contribution is 2.38. The van der Waals surface area contributed by atoms with E-state index >= 15 is 0 Å². The second kappa shape index (κ2) is 10.0. The van der Waals surface area contributed by atoms with E-state index in [1.165, 1.54) is 0 Å². The van der Waals surface area contributed by atoms with Crippen molar-refractivity contribution >= 4 is 28.9 Å². The summed E-state index contributed by atoms with van der Waals surface area (Å²) >= 11 is 1.60. The van der Waals surface area contributed by atoms with Crippen molar-refractivity contribution in [2.75, 3.05) is 5.32 Å². The summed E-state index contributed by atoms with van der Waals surface area (Å²) in [7, 11) is 0. The number of nitrogens with one attached hydrogen (secondary N) is 1. The standard InChI is InChI=1S/C27H34N4O3S/c1-17-12-20(14-21(13-17)31-25-28-11-8-18(2)30-25)22-16-29-23(35-22)15-27(33)9-6-19(7-10-27)24(32)34-26(3,4)5/h8,11-14,16,19,33H,6-7,9-10,15H2,1-5H3,(H,28,30,31). The first-order chi connectivity index (χ1) is 16.5. The molecule has 0 atom stereocenters. The van der Waals surface area contributed by atoms with Gasteiger partial charge >= 0.3 is 5.97 Å². The Morgan fingerprint density at radius 2 is 1.94 bits per heavy atom. The van der Waals surface area contributed by atoms with Crippen LogP contribution in [0.2, 0.25) is 0 Å². The first kappa shape index (κ1) is 25.3. The molecular weight excluding hydrogens is 460 g/mol. The van der Waals surface area contributed by atoms with Gasteiger partial charge in [0.1, 0.15) is 5.60 Å². The number of benzene rings is 1. The monoisotopic (exact) mass is 494 g/mol. The van der Waals surface area contributed by atoms with Gasteiger partial charge in [0, 0.05) is 30.2 Å². The maximum absolute atomic E-state index is 12.4. The molecule has 1 aromatic carbocycles. The molecule has 0 aliphatic heterocycles. The van der Waals surface area contributed by atoms with Crippen LogP contribution >= 0.6 is 11.3 Å². The van der Waals surface area contributed by atoms with Crippen molar-refractivity contribution in [1.82, 2.24) is 15.0 Å². The highest BCUT2D eigenvalue weighted by atomic mass is 32.1. The summed E-state index contributed by atoms with van der Waals surface area (Å²) in [5.74, 6) is 0.267. The Morgan fingerprint density at radius 1 is 1.20 bits per heavy atom. The highest BCUT2D eigenvalue weighted by Gasteiger charge is 2.38. The van der Waals surface area contributed by atoms with E-state index in [1.54, 1.807) is 17.5 Å². The van der Waals surface area contributed by atoms with Gasteiger partial charge in [-0.25, -0.2) is 15.0 Å². The Balaban J connectivity index is 1.41. The van der Waals surface area contributed by atoms with E-state index in [0.29, 0.717) is 38.1 Å². The van der Waals surface area contributed by atoms with E-state index in [4.69, 9.17) is 4.74 Å². The Kier molecular flexibility index (Phi) is 7.24. The number of hydrogen-bond donors (Lipinski definition) is 2. The number of esters is 1. The van der Waals surface area contributed by atoms with Crippen molar-refractivity contribution in [2.45, 2.75) is 77.9 Å². The molecule has 0 unspecified atom stereocenters. The lowest BCUT2D eigenvalue weighted by Gasteiger charge is -2.35. The zero-order chi connectivity index (χ0) is 25.2. The Bertz CT molecular complexity index is 1190. The molecule has 4 rings (SSSR count). The van der Waals surface area contributed by atoms with Crippen LogP contribution in [0.15, 0.2) is 36.7 Å². The van der Waals surface area contributed by atoms with Gasteiger partial charge in [-0.1, -0.05) is 6.07 Å². The molecule has 186 valence electrons. The molecule has 2 heterocycles. The van der Waals surface area contributed by atoms with Crippen LogP contribution in [0.3, 0.4) is 0 Å². The van der Waals surface area contributed by atoms with Crippen LogP contribution in [0, 0.1) is 19.8 Å². The van der Waals surface area contributed by atoms with Crippen LogP contribution in [0.1, 0.15) is 62.7 Å². The number of carbonyl (C=O) groups excluding carboxylic acids is 1. The zero-order valence-electron chi connectivity index (χ0n) is 21.1. The van der Waals surface area contributed by atoms with E-state index in [-0.39, 0.29) is 11.9 Å². The number of carbonyl (C=O) groups is 1. The van der Waals surface area contributed by atoms with Crippen LogP contribution in [-0.2, 0) is 16.0 Å². The maximum atomic E-state index is 12.4. The predicted molar refractivity (Wildman–Crippen MR) is 139 cm³/mol. The summed E-state index contributed by atoms with van der Waals surface area (Å²) in [6.07, 6.45) is 6.52. The van der Waals surface area contributed by atoms with Crippen LogP contribution in [0.4, 0.5) is 11.6 Å². The predicted octanol–water partition coefficient (Wildman–Crippen LogP) is 5.77. The van der Waals surface area contributed by atoms with Gasteiger partial charge in [0.15, 0.2) is 0 Å². The van der Waals surface area contributed by atoms with Gasteiger partial charge in [-0.05, 0) is 89.6 Å². The van der Waals surface area contributed by atoms with Gasteiger partial charge < -0.3 is 15.2 Å². The minimum atomic E-state index is -0.838. The second-order valence-electron chi connectivity index (χ2n) is 10.6. The quantitative estimate of drug-likeness (QED) is 0.420. The summed E-state index contributed by atoms with van der Waals surface area (Å²) in [4.78, 5) is 26.8. The molecule has 8 heteroatoms. The average molecular weight is 495 g/mol. The maximum Gasteiger partial charge on any atom is 0.309 e. The van der Waals surface area contributed by atoms with Crippen LogP contribution in [0.25, 0.3) is 10.4 Å². The summed E-state index contributed by atoms with van der Waals surface area (Å²) in [6, 6.07) is 8.11.